The molecular weight excluding hydrogens is 422 g/mol. The van der Waals surface area contributed by atoms with Gasteiger partial charge in [0.1, 0.15) is 10.4 Å². The predicted octanol–water partition coefficient (Wildman–Crippen LogP) is 4.62. The standard InChI is InChI=1S/C22H14ClN3O3S/c1-29-13-6-7-15(16(23)8-13)19-9-17-20(30-19)21(27)26(22(28)25-17)18-11-24-10-12-4-2-3-5-14(12)18/h2-11H,1H3,(H,25,28). The second-order valence-corrected chi connectivity index (χ2v) is 8.11. The number of nitrogens with one attached hydrogen (secondary N) is 1. The zero-order valence-corrected chi connectivity index (χ0v) is 17.3. The number of hydrogen-bond acceptors (Lipinski definition) is 5. The van der Waals surface area contributed by atoms with Gasteiger partial charge in [-0.2, -0.15) is 0 Å². The van der Waals surface area contributed by atoms with Crippen LogP contribution in [0.4, 0.5) is 0 Å². The molecule has 5 rings (SSSR count). The molecule has 0 bridgehead atoms. The second kappa shape index (κ2) is 7.12. The van der Waals surface area contributed by atoms with Gasteiger partial charge in [0.05, 0.1) is 29.5 Å². The SMILES string of the molecule is COc1ccc(-c2cc3[nH]c(=O)n(-c4cncc5ccccc45)c(=O)c3s2)c(Cl)c1. The fraction of sp³-hybridized carbons (Fsp3) is 0.0455. The van der Waals surface area contributed by atoms with Gasteiger partial charge < -0.3 is 9.72 Å². The fourth-order valence-electron chi connectivity index (χ4n) is 3.46. The first-order valence-corrected chi connectivity index (χ1v) is 10.2. The van der Waals surface area contributed by atoms with Crippen LogP contribution in [-0.4, -0.2) is 21.6 Å². The van der Waals surface area contributed by atoms with Gasteiger partial charge in [0, 0.05) is 27.4 Å². The van der Waals surface area contributed by atoms with Gasteiger partial charge in [0.2, 0.25) is 0 Å². The molecule has 6 nitrogen and oxygen atoms in total. The number of ether oxygens (including phenoxy) is 1. The molecule has 3 heterocycles. The molecule has 0 amide bonds. The van der Waals surface area contributed by atoms with Crippen molar-refractivity contribution >= 4 is 43.9 Å². The van der Waals surface area contributed by atoms with Crippen LogP contribution < -0.4 is 16.0 Å². The highest BCUT2D eigenvalue weighted by molar-refractivity contribution is 7.22. The highest BCUT2D eigenvalue weighted by Crippen LogP contribution is 2.36. The summed E-state index contributed by atoms with van der Waals surface area (Å²) in [6.45, 7) is 0. The minimum absolute atomic E-state index is 0.396. The molecule has 0 spiro atoms. The van der Waals surface area contributed by atoms with E-state index >= 15 is 0 Å². The van der Waals surface area contributed by atoms with Crippen LogP contribution in [0.3, 0.4) is 0 Å². The summed E-state index contributed by atoms with van der Waals surface area (Å²) in [6.07, 6.45) is 3.23. The summed E-state index contributed by atoms with van der Waals surface area (Å²) in [7, 11) is 1.57. The van der Waals surface area contributed by atoms with Gasteiger partial charge in [-0.15, -0.1) is 11.3 Å². The zero-order valence-electron chi connectivity index (χ0n) is 15.7. The first-order valence-electron chi connectivity index (χ1n) is 9.03. The maximum Gasteiger partial charge on any atom is 0.333 e. The number of halogens is 1. The quantitative estimate of drug-likeness (QED) is 0.448. The molecule has 0 unspecified atom stereocenters. The third kappa shape index (κ3) is 2.91. The summed E-state index contributed by atoms with van der Waals surface area (Å²) in [5, 5.41) is 2.12. The molecular formula is C22H14ClN3O3S. The number of aromatic nitrogens is 3. The monoisotopic (exact) mass is 435 g/mol. The smallest absolute Gasteiger partial charge is 0.333 e. The van der Waals surface area contributed by atoms with Gasteiger partial charge in [-0.25, -0.2) is 9.36 Å². The van der Waals surface area contributed by atoms with Crippen LogP contribution in [0.15, 0.2) is 70.5 Å². The van der Waals surface area contributed by atoms with E-state index in [2.05, 4.69) is 9.97 Å². The number of thiophene rings is 1. The third-order valence-corrected chi connectivity index (χ3v) is 6.37. The van der Waals surface area contributed by atoms with Gasteiger partial charge >= 0.3 is 5.69 Å². The van der Waals surface area contributed by atoms with Crippen LogP contribution in [-0.2, 0) is 0 Å². The Kier molecular flexibility index (Phi) is 4.42. The van der Waals surface area contributed by atoms with Crippen molar-refractivity contribution in [1.29, 1.82) is 0 Å². The lowest BCUT2D eigenvalue weighted by molar-refractivity contribution is 0.415. The van der Waals surface area contributed by atoms with Crippen molar-refractivity contribution in [2.45, 2.75) is 0 Å². The van der Waals surface area contributed by atoms with E-state index < -0.39 is 11.2 Å². The molecule has 0 aliphatic heterocycles. The molecule has 3 aromatic heterocycles. The molecule has 0 saturated heterocycles. The lowest BCUT2D eigenvalue weighted by Gasteiger charge is -2.07. The minimum atomic E-state index is -0.518. The zero-order chi connectivity index (χ0) is 20.8. The average Bonchev–Trinajstić information content (AvgIpc) is 3.17. The Bertz CT molecular complexity index is 1550. The van der Waals surface area contributed by atoms with Crippen molar-refractivity contribution in [3.63, 3.8) is 0 Å². The summed E-state index contributed by atoms with van der Waals surface area (Å²) < 4.78 is 6.76. The van der Waals surface area contributed by atoms with Gasteiger partial charge in [-0.3, -0.25) is 9.78 Å². The molecule has 0 radical (unpaired) electrons. The molecule has 0 fully saturated rings. The lowest BCUT2D eigenvalue weighted by atomic mass is 10.1. The van der Waals surface area contributed by atoms with E-state index in [1.165, 1.54) is 17.5 Å². The molecule has 0 aliphatic carbocycles. The Morgan fingerprint density at radius 2 is 1.93 bits per heavy atom. The van der Waals surface area contributed by atoms with Gasteiger partial charge in [0.15, 0.2) is 0 Å². The first kappa shape index (κ1) is 18.6. The lowest BCUT2D eigenvalue weighted by Crippen LogP contribution is -2.33. The second-order valence-electron chi connectivity index (χ2n) is 6.65. The number of H-pyrrole nitrogens is 1. The molecule has 1 N–H and O–H groups in total. The molecule has 0 atom stereocenters. The predicted molar refractivity (Wildman–Crippen MR) is 120 cm³/mol. The van der Waals surface area contributed by atoms with Crippen molar-refractivity contribution in [2.75, 3.05) is 7.11 Å². The van der Waals surface area contributed by atoms with Gasteiger partial charge in [0.25, 0.3) is 5.56 Å². The number of rotatable bonds is 3. The van der Waals surface area contributed by atoms with E-state index in [1.54, 1.807) is 31.5 Å². The Hall–Kier alpha value is -3.42. The van der Waals surface area contributed by atoms with Crippen LogP contribution in [0.2, 0.25) is 5.02 Å². The molecule has 5 aromatic rings. The first-order chi connectivity index (χ1) is 14.6. The van der Waals surface area contributed by atoms with E-state index in [9.17, 15) is 9.59 Å². The Balaban J connectivity index is 1.75. The molecule has 2 aromatic carbocycles. The van der Waals surface area contributed by atoms with E-state index in [4.69, 9.17) is 16.3 Å². The van der Waals surface area contributed by atoms with Gasteiger partial charge in [-0.1, -0.05) is 35.9 Å². The highest BCUT2D eigenvalue weighted by Gasteiger charge is 2.17. The van der Waals surface area contributed by atoms with E-state index in [-0.39, 0.29) is 0 Å². The third-order valence-electron chi connectivity index (χ3n) is 4.90. The van der Waals surface area contributed by atoms with Crippen molar-refractivity contribution in [2.24, 2.45) is 0 Å². The van der Waals surface area contributed by atoms with Crippen molar-refractivity contribution < 1.29 is 4.74 Å². The summed E-state index contributed by atoms with van der Waals surface area (Å²) in [4.78, 5) is 33.9. The summed E-state index contributed by atoms with van der Waals surface area (Å²) in [5.74, 6) is 0.643. The van der Waals surface area contributed by atoms with Crippen LogP contribution >= 0.6 is 22.9 Å². The number of pyridine rings is 1. The van der Waals surface area contributed by atoms with E-state index in [0.717, 1.165) is 25.8 Å². The summed E-state index contributed by atoms with van der Waals surface area (Å²) >= 11 is 7.68. The number of hydrogen-bond donors (Lipinski definition) is 1. The number of benzene rings is 2. The Morgan fingerprint density at radius 3 is 2.73 bits per heavy atom. The molecule has 0 aliphatic rings. The highest BCUT2D eigenvalue weighted by atomic mass is 35.5. The minimum Gasteiger partial charge on any atom is -0.497 e. The van der Waals surface area contributed by atoms with E-state index in [0.29, 0.717) is 26.7 Å². The van der Waals surface area contributed by atoms with Crippen LogP contribution in [0.5, 0.6) is 5.75 Å². The van der Waals surface area contributed by atoms with Crippen molar-refractivity contribution in [1.82, 2.24) is 14.5 Å². The summed E-state index contributed by atoms with van der Waals surface area (Å²) in [6, 6.07) is 14.6. The molecule has 30 heavy (non-hydrogen) atoms. The topological polar surface area (TPSA) is 77.0 Å². The number of nitrogens with zero attached hydrogens (tertiary/aromatic N) is 2. The van der Waals surface area contributed by atoms with Crippen molar-refractivity contribution in [3.8, 4) is 21.9 Å². The van der Waals surface area contributed by atoms with Crippen LogP contribution in [0, 0.1) is 0 Å². The number of aromatic amines is 1. The maximum absolute atomic E-state index is 13.3. The average molecular weight is 436 g/mol. The Morgan fingerprint density at radius 1 is 1.10 bits per heavy atom. The molecule has 148 valence electrons. The molecule has 0 saturated carbocycles. The maximum atomic E-state index is 13.3. The van der Waals surface area contributed by atoms with Crippen LogP contribution in [0.25, 0.3) is 37.1 Å². The molecule has 8 heteroatoms. The fourth-order valence-corrected chi connectivity index (χ4v) is 4.87. The van der Waals surface area contributed by atoms with Gasteiger partial charge in [-0.05, 0) is 24.3 Å². The number of methoxy groups -OCH3 is 1. The normalized spacial score (nSPS) is 11.3. The van der Waals surface area contributed by atoms with Crippen LogP contribution in [0.1, 0.15) is 0 Å². The number of fused-ring (bicyclic) bond motifs is 2. The Labute approximate surface area is 179 Å². The van der Waals surface area contributed by atoms with Crippen molar-refractivity contribution in [3.05, 3.63) is 86.8 Å². The largest absolute Gasteiger partial charge is 0.497 e. The van der Waals surface area contributed by atoms with E-state index in [1.807, 2.05) is 30.3 Å². The summed E-state index contributed by atoms with van der Waals surface area (Å²) in [5.41, 5.74) is 0.765.